The van der Waals surface area contributed by atoms with E-state index in [1.807, 2.05) is 13.2 Å². The summed E-state index contributed by atoms with van der Waals surface area (Å²) in [7, 11) is 1.83. The van der Waals surface area contributed by atoms with Crippen molar-refractivity contribution in [2.24, 2.45) is 7.05 Å². The second kappa shape index (κ2) is 5.11. The van der Waals surface area contributed by atoms with Crippen LogP contribution in [-0.2, 0) is 18.4 Å². The number of amides is 1. The average Bonchev–Trinajstić information content (AvgIpc) is 2.95. The van der Waals surface area contributed by atoms with Gasteiger partial charge in [0.1, 0.15) is 0 Å². The highest BCUT2D eigenvalue weighted by Gasteiger charge is 1.97. The first kappa shape index (κ1) is 11.1. The van der Waals surface area contributed by atoms with Gasteiger partial charge in [-0.2, -0.15) is 10.2 Å². The van der Waals surface area contributed by atoms with Crippen LogP contribution in [-0.4, -0.2) is 25.9 Å². The van der Waals surface area contributed by atoms with E-state index < -0.39 is 0 Å². The number of aromatic nitrogens is 4. The fraction of sp³-hybridized carbons (Fsp3) is 0.182. The van der Waals surface area contributed by atoms with Gasteiger partial charge in [-0.3, -0.25) is 14.6 Å². The molecule has 0 aliphatic rings. The van der Waals surface area contributed by atoms with E-state index >= 15 is 0 Å². The molecule has 6 heteroatoms. The van der Waals surface area contributed by atoms with Gasteiger partial charge >= 0.3 is 0 Å². The lowest BCUT2D eigenvalue weighted by atomic mass is 10.3. The van der Waals surface area contributed by atoms with Gasteiger partial charge in [0.15, 0.2) is 0 Å². The zero-order valence-corrected chi connectivity index (χ0v) is 9.42. The van der Waals surface area contributed by atoms with E-state index in [-0.39, 0.29) is 5.91 Å². The molecule has 17 heavy (non-hydrogen) atoms. The molecule has 0 fully saturated rings. The minimum atomic E-state index is -0.143. The van der Waals surface area contributed by atoms with Crippen LogP contribution in [0, 0.1) is 0 Å². The van der Waals surface area contributed by atoms with Crippen molar-refractivity contribution < 1.29 is 4.79 Å². The zero-order valence-electron chi connectivity index (χ0n) is 9.42. The highest BCUT2D eigenvalue weighted by Crippen LogP contribution is 1.99. The standard InChI is InChI=1S/C11H13N5O/c1-16-8-9(7-15-16)2-3-11(17)12-4-10-5-13-14-6-10/h2-3,5-8H,4H2,1H3,(H,12,17)(H,13,14)/b3-2+. The molecule has 88 valence electrons. The molecule has 2 heterocycles. The molecule has 1 amide bonds. The summed E-state index contributed by atoms with van der Waals surface area (Å²) in [5, 5.41) is 13.2. The van der Waals surface area contributed by atoms with E-state index in [1.165, 1.54) is 6.08 Å². The maximum absolute atomic E-state index is 11.5. The summed E-state index contributed by atoms with van der Waals surface area (Å²) >= 11 is 0. The van der Waals surface area contributed by atoms with Gasteiger partial charge in [-0.1, -0.05) is 0 Å². The van der Waals surface area contributed by atoms with Crippen molar-refractivity contribution in [1.82, 2.24) is 25.3 Å². The van der Waals surface area contributed by atoms with Gasteiger partial charge in [-0.25, -0.2) is 0 Å². The molecule has 0 atom stereocenters. The van der Waals surface area contributed by atoms with Crippen molar-refractivity contribution in [1.29, 1.82) is 0 Å². The first-order valence-corrected chi connectivity index (χ1v) is 5.16. The number of nitrogens with zero attached hydrogens (tertiary/aromatic N) is 3. The third-order valence-corrected chi connectivity index (χ3v) is 2.17. The molecule has 2 N–H and O–H groups in total. The maximum Gasteiger partial charge on any atom is 0.244 e. The molecule has 0 radical (unpaired) electrons. The molecule has 0 spiro atoms. The van der Waals surface area contributed by atoms with Crippen LogP contribution >= 0.6 is 0 Å². The predicted octanol–water partition coefficient (Wildman–Crippen LogP) is 0.473. The summed E-state index contributed by atoms with van der Waals surface area (Å²) in [4.78, 5) is 11.5. The fourth-order valence-corrected chi connectivity index (χ4v) is 1.32. The van der Waals surface area contributed by atoms with E-state index in [9.17, 15) is 4.79 Å². The Bertz CT molecular complexity index is 512. The topological polar surface area (TPSA) is 75.6 Å². The molecule has 0 aliphatic heterocycles. The second-order valence-corrected chi connectivity index (χ2v) is 3.61. The van der Waals surface area contributed by atoms with Crippen molar-refractivity contribution in [3.05, 3.63) is 42.0 Å². The first-order valence-electron chi connectivity index (χ1n) is 5.16. The summed E-state index contributed by atoms with van der Waals surface area (Å²) in [6, 6.07) is 0. The molecule has 0 saturated carbocycles. The summed E-state index contributed by atoms with van der Waals surface area (Å²) in [5.74, 6) is -0.143. The van der Waals surface area contributed by atoms with Gasteiger partial charge in [0.2, 0.25) is 5.91 Å². The average molecular weight is 231 g/mol. The number of H-pyrrole nitrogens is 1. The Labute approximate surface area is 98.3 Å². The van der Waals surface area contributed by atoms with Crippen LogP contribution in [0.25, 0.3) is 6.08 Å². The van der Waals surface area contributed by atoms with Gasteiger partial charge in [0, 0.05) is 43.2 Å². The normalized spacial score (nSPS) is 10.9. The Morgan fingerprint density at radius 2 is 2.47 bits per heavy atom. The Morgan fingerprint density at radius 1 is 1.59 bits per heavy atom. The Hall–Kier alpha value is -2.37. The van der Waals surface area contributed by atoms with Crippen molar-refractivity contribution in [3.63, 3.8) is 0 Å². The molecule has 2 rings (SSSR count). The van der Waals surface area contributed by atoms with Crippen molar-refractivity contribution >= 4 is 12.0 Å². The van der Waals surface area contributed by atoms with Gasteiger partial charge in [-0.05, 0) is 6.08 Å². The number of hydrogen-bond donors (Lipinski definition) is 2. The highest BCUT2D eigenvalue weighted by atomic mass is 16.1. The SMILES string of the molecule is Cn1cc(/C=C/C(=O)NCc2cn[nH]c2)cn1. The third-order valence-electron chi connectivity index (χ3n) is 2.17. The molecule has 0 saturated heterocycles. The number of hydrogen-bond acceptors (Lipinski definition) is 3. The summed E-state index contributed by atoms with van der Waals surface area (Å²) in [6.07, 6.45) is 10.1. The van der Waals surface area contributed by atoms with Crippen LogP contribution in [0.4, 0.5) is 0 Å². The van der Waals surface area contributed by atoms with Crippen LogP contribution in [0.3, 0.4) is 0 Å². The van der Waals surface area contributed by atoms with E-state index in [0.717, 1.165) is 11.1 Å². The molecular formula is C11H13N5O. The van der Waals surface area contributed by atoms with Crippen LogP contribution in [0.1, 0.15) is 11.1 Å². The lowest BCUT2D eigenvalue weighted by molar-refractivity contribution is -0.116. The van der Waals surface area contributed by atoms with Gasteiger partial charge in [0.05, 0.1) is 12.4 Å². The molecule has 2 aromatic heterocycles. The van der Waals surface area contributed by atoms with E-state index in [0.29, 0.717) is 6.54 Å². The van der Waals surface area contributed by atoms with Crippen molar-refractivity contribution in [2.75, 3.05) is 0 Å². The number of aryl methyl sites for hydroxylation is 1. The van der Waals surface area contributed by atoms with Crippen LogP contribution < -0.4 is 5.32 Å². The van der Waals surface area contributed by atoms with Crippen LogP contribution in [0.15, 0.2) is 30.9 Å². The minimum absolute atomic E-state index is 0.143. The third kappa shape index (κ3) is 3.30. The van der Waals surface area contributed by atoms with Gasteiger partial charge in [0.25, 0.3) is 0 Å². The largest absolute Gasteiger partial charge is 0.348 e. The van der Waals surface area contributed by atoms with Gasteiger partial charge < -0.3 is 5.32 Å². The number of carbonyl (C=O) groups excluding carboxylic acids is 1. The van der Waals surface area contributed by atoms with E-state index in [4.69, 9.17) is 0 Å². The molecule has 0 unspecified atom stereocenters. The maximum atomic E-state index is 11.5. The monoisotopic (exact) mass is 231 g/mol. The van der Waals surface area contributed by atoms with Crippen LogP contribution in [0.2, 0.25) is 0 Å². The molecule has 0 bridgehead atoms. The Kier molecular flexibility index (Phi) is 3.34. The number of rotatable bonds is 4. The van der Waals surface area contributed by atoms with E-state index in [2.05, 4.69) is 20.6 Å². The fourth-order valence-electron chi connectivity index (χ4n) is 1.32. The summed E-state index contributed by atoms with van der Waals surface area (Å²) in [5.41, 5.74) is 1.83. The molecule has 0 aromatic carbocycles. The van der Waals surface area contributed by atoms with E-state index in [1.54, 1.807) is 29.3 Å². The molecule has 0 aliphatic carbocycles. The van der Waals surface area contributed by atoms with Crippen LogP contribution in [0.5, 0.6) is 0 Å². The Balaban J connectivity index is 1.83. The number of nitrogens with one attached hydrogen (secondary N) is 2. The minimum Gasteiger partial charge on any atom is -0.348 e. The second-order valence-electron chi connectivity index (χ2n) is 3.61. The van der Waals surface area contributed by atoms with Crippen molar-refractivity contribution in [3.8, 4) is 0 Å². The van der Waals surface area contributed by atoms with Crippen molar-refractivity contribution in [2.45, 2.75) is 6.54 Å². The summed E-state index contributed by atoms with van der Waals surface area (Å²) < 4.78 is 1.68. The number of aromatic amines is 1. The summed E-state index contributed by atoms with van der Waals surface area (Å²) in [6.45, 7) is 0.465. The highest BCUT2D eigenvalue weighted by molar-refractivity contribution is 5.91. The smallest absolute Gasteiger partial charge is 0.244 e. The zero-order chi connectivity index (χ0) is 12.1. The first-order chi connectivity index (χ1) is 8.24. The molecule has 2 aromatic rings. The lowest BCUT2D eigenvalue weighted by Crippen LogP contribution is -2.19. The predicted molar refractivity (Wildman–Crippen MR) is 62.7 cm³/mol. The lowest BCUT2D eigenvalue weighted by Gasteiger charge is -1.97. The number of carbonyl (C=O) groups is 1. The molecule has 6 nitrogen and oxygen atoms in total. The molecular weight excluding hydrogens is 218 g/mol. The quantitative estimate of drug-likeness (QED) is 0.751. The van der Waals surface area contributed by atoms with Gasteiger partial charge in [-0.15, -0.1) is 0 Å². The Morgan fingerprint density at radius 3 is 3.12 bits per heavy atom.